The summed E-state index contributed by atoms with van der Waals surface area (Å²) in [4.78, 5) is 0. The predicted octanol–water partition coefficient (Wildman–Crippen LogP) is 1.08. The summed E-state index contributed by atoms with van der Waals surface area (Å²) in [6, 6.07) is 4.87. The van der Waals surface area contributed by atoms with Gasteiger partial charge < -0.3 is 16.3 Å². The largest absolute Gasteiger partial charge is 0.507 e. The van der Waals surface area contributed by atoms with Gasteiger partial charge in [0.15, 0.2) is 0 Å². The molecular weight excluding hydrogens is 178 g/mol. The molecule has 0 saturated heterocycles. The monoisotopic (exact) mass is 191 g/mol. The SMILES string of the molecule is C=C/C(=N\NC)c1ccc(N)cc1O. The van der Waals surface area contributed by atoms with E-state index in [1.807, 2.05) is 0 Å². The number of hydrogen-bond acceptors (Lipinski definition) is 4. The number of nitrogen functional groups attached to an aromatic ring is 1. The fourth-order valence-corrected chi connectivity index (χ4v) is 1.10. The minimum absolute atomic E-state index is 0.0962. The molecule has 0 spiro atoms. The summed E-state index contributed by atoms with van der Waals surface area (Å²) in [5.74, 6) is 0.0962. The molecule has 0 saturated carbocycles. The number of phenols is 1. The number of rotatable bonds is 3. The number of nitrogens with two attached hydrogens (primary N) is 1. The summed E-state index contributed by atoms with van der Waals surface area (Å²) < 4.78 is 0. The summed E-state index contributed by atoms with van der Waals surface area (Å²) in [5, 5.41) is 13.5. The number of nitrogens with one attached hydrogen (secondary N) is 1. The lowest BCUT2D eigenvalue weighted by Crippen LogP contribution is -2.04. The molecule has 0 unspecified atom stereocenters. The molecule has 1 aromatic carbocycles. The Bertz CT molecular complexity index is 372. The van der Waals surface area contributed by atoms with Gasteiger partial charge in [-0.3, -0.25) is 0 Å². The molecule has 0 aliphatic carbocycles. The molecular formula is C10H13N3O. The predicted molar refractivity (Wildman–Crippen MR) is 58.3 cm³/mol. The third-order valence-electron chi connectivity index (χ3n) is 1.72. The molecule has 0 fully saturated rings. The third-order valence-corrected chi connectivity index (χ3v) is 1.72. The molecule has 1 aromatic rings. The first-order chi connectivity index (χ1) is 6.69. The van der Waals surface area contributed by atoms with Crippen molar-refractivity contribution in [2.24, 2.45) is 5.10 Å². The van der Waals surface area contributed by atoms with Crippen molar-refractivity contribution < 1.29 is 5.11 Å². The molecule has 0 aliphatic rings. The Morgan fingerprint density at radius 3 is 2.86 bits per heavy atom. The van der Waals surface area contributed by atoms with E-state index in [1.165, 1.54) is 6.07 Å². The molecule has 0 radical (unpaired) electrons. The highest BCUT2D eigenvalue weighted by Gasteiger charge is 2.05. The maximum Gasteiger partial charge on any atom is 0.127 e. The van der Waals surface area contributed by atoms with Crippen molar-refractivity contribution in [1.82, 2.24) is 5.43 Å². The van der Waals surface area contributed by atoms with Gasteiger partial charge in [0, 0.05) is 24.4 Å². The van der Waals surface area contributed by atoms with Crippen molar-refractivity contribution in [3.8, 4) is 5.75 Å². The van der Waals surface area contributed by atoms with Gasteiger partial charge in [-0.1, -0.05) is 6.58 Å². The molecule has 1 rings (SSSR count). The smallest absolute Gasteiger partial charge is 0.127 e. The number of nitrogens with zero attached hydrogens (tertiary/aromatic N) is 1. The summed E-state index contributed by atoms with van der Waals surface area (Å²) >= 11 is 0. The van der Waals surface area contributed by atoms with Gasteiger partial charge in [-0.05, 0) is 18.2 Å². The Labute approximate surface area is 82.8 Å². The van der Waals surface area contributed by atoms with E-state index in [1.54, 1.807) is 25.3 Å². The van der Waals surface area contributed by atoms with Crippen LogP contribution in [0.1, 0.15) is 5.56 Å². The third kappa shape index (κ3) is 2.04. The molecule has 0 heterocycles. The van der Waals surface area contributed by atoms with Crippen LogP contribution >= 0.6 is 0 Å². The number of allylic oxidation sites excluding steroid dienone is 1. The summed E-state index contributed by atoms with van der Waals surface area (Å²) in [7, 11) is 1.68. The molecule has 4 heteroatoms. The van der Waals surface area contributed by atoms with Crippen LogP contribution in [0.15, 0.2) is 36.0 Å². The Kier molecular flexibility index (Phi) is 3.12. The number of aromatic hydroxyl groups is 1. The number of hydrazone groups is 1. The topological polar surface area (TPSA) is 70.6 Å². The zero-order chi connectivity index (χ0) is 10.6. The van der Waals surface area contributed by atoms with E-state index in [4.69, 9.17) is 5.73 Å². The lowest BCUT2D eigenvalue weighted by atomic mass is 10.1. The minimum Gasteiger partial charge on any atom is -0.507 e. The molecule has 0 amide bonds. The van der Waals surface area contributed by atoms with E-state index in [9.17, 15) is 5.11 Å². The Hall–Kier alpha value is -1.97. The highest BCUT2D eigenvalue weighted by Crippen LogP contribution is 2.20. The van der Waals surface area contributed by atoms with Crippen LogP contribution in [-0.2, 0) is 0 Å². The average Bonchev–Trinajstić information content (AvgIpc) is 2.15. The van der Waals surface area contributed by atoms with Gasteiger partial charge in [0.25, 0.3) is 0 Å². The fourth-order valence-electron chi connectivity index (χ4n) is 1.10. The van der Waals surface area contributed by atoms with Gasteiger partial charge in [-0.15, -0.1) is 0 Å². The molecule has 14 heavy (non-hydrogen) atoms. The van der Waals surface area contributed by atoms with Crippen molar-refractivity contribution in [3.05, 3.63) is 36.4 Å². The second-order valence-corrected chi connectivity index (χ2v) is 2.70. The lowest BCUT2D eigenvalue weighted by Gasteiger charge is -2.04. The summed E-state index contributed by atoms with van der Waals surface area (Å²) in [6.45, 7) is 3.61. The van der Waals surface area contributed by atoms with Gasteiger partial charge in [0.1, 0.15) is 5.75 Å². The second kappa shape index (κ2) is 4.32. The lowest BCUT2D eigenvalue weighted by molar-refractivity contribution is 0.474. The number of hydrogen-bond donors (Lipinski definition) is 3. The van der Waals surface area contributed by atoms with Crippen LogP contribution in [0.5, 0.6) is 5.75 Å². The van der Waals surface area contributed by atoms with Crippen molar-refractivity contribution in [3.63, 3.8) is 0 Å². The number of anilines is 1. The summed E-state index contributed by atoms with van der Waals surface area (Å²) in [6.07, 6.45) is 1.56. The highest BCUT2D eigenvalue weighted by molar-refractivity contribution is 6.10. The van der Waals surface area contributed by atoms with E-state index >= 15 is 0 Å². The van der Waals surface area contributed by atoms with Crippen molar-refractivity contribution in [1.29, 1.82) is 0 Å². The average molecular weight is 191 g/mol. The molecule has 0 aliphatic heterocycles. The second-order valence-electron chi connectivity index (χ2n) is 2.70. The van der Waals surface area contributed by atoms with Gasteiger partial charge >= 0.3 is 0 Å². The van der Waals surface area contributed by atoms with E-state index in [2.05, 4.69) is 17.1 Å². The van der Waals surface area contributed by atoms with Crippen LogP contribution in [0, 0.1) is 0 Å². The Morgan fingerprint density at radius 1 is 1.64 bits per heavy atom. The Morgan fingerprint density at radius 2 is 2.36 bits per heavy atom. The maximum absolute atomic E-state index is 9.58. The maximum atomic E-state index is 9.58. The quantitative estimate of drug-likeness (QED) is 0.380. The van der Waals surface area contributed by atoms with Crippen molar-refractivity contribution >= 4 is 11.4 Å². The van der Waals surface area contributed by atoms with Gasteiger partial charge in [-0.25, -0.2) is 0 Å². The zero-order valence-electron chi connectivity index (χ0n) is 7.99. The van der Waals surface area contributed by atoms with Crippen LogP contribution in [0.25, 0.3) is 0 Å². The Balaban J connectivity index is 3.17. The van der Waals surface area contributed by atoms with E-state index in [0.29, 0.717) is 17.0 Å². The first kappa shape index (κ1) is 10.1. The fraction of sp³-hybridized carbons (Fsp3) is 0.100. The van der Waals surface area contributed by atoms with E-state index < -0.39 is 0 Å². The minimum atomic E-state index is 0.0962. The first-order valence-corrected chi connectivity index (χ1v) is 4.14. The zero-order valence-corrected chi connectivity index (χ0v) is 7.99. The van der Waals surface area contributed by atoms with Crippen LogP contribution in [0.3, 0.4) is 0 Å². The molecule has 74 valence electrons. The van der Waals surface area contributed by atoms with Crippen LogP contribution in [-0.4, -0.2) is 17.9 Å². The highest BCUT2D eigenvalue weighted by atomic mass is 16.3. The molecule has 0 bridgehead atoms. The molecule has 4 nitrogen and oxygen atoms in total. The van der Waals surface area contributed by atoms with Gasteiger partial charge in [0.05, 0.1) is 5.71 Å². The van der Waals surface area contributed by atoms with E-state index in [-0.39, 0.29) is 5.75 Å². The normalized spacial score (nSPS) is 11.1. The number of benzene rings is 1. The van der Waals surface area contributed by atoms with E-state index in [0.717, 1.165) is 0 Å². The standard InChI is InChI=1S/C10H13N3O/c1-3-9(13-12-2)8-5-4-7(11)6-10(8)14/h3-6,12,14H,1,11H2,2H3/b13-9+. The van der Waals surface area contributed by atoms with Gasteiger partial charge in [-0.2, -0.15) is 5.10 Å². The van der Waals surface area contributed by atoms with Crippen molar-refractivity contribution in [2.75, 3.05) is 12.8 Å². The molecule has 0 atom stereocenters. The van der Waals surface area contributed by atoms with Gasteiger partial charge in [0.2, 0.25) is 0 Å². The first-order valence-electron chi connectivity index (χ1n) is 4.14. The molecule has 4 N–H and O–H groups in total. The summed E-state index contributed by atoms with van der Waals surface area (Å²) in [5.41, 5.74) is 9.82. The van der Waals surface area contributed by atoms with Crippen LogP contribution in [0.2, 0.25) is 0 Å². The van der Waals surface area contributed by atoms with Crippen LogP contribution in [0.4, 0.5) is 5.69 Å². The van der Waals surface area contributed by atoms with Crippen molar-refractivity contribution in [2.45, 2.75) is 0 Å². The number of phenolic OH excluding ortho intramolecular Hbond substituents is 1. The van der Waals surface area contributed by atoms with Crippen LogP contribution < -0.4 is 11.2 Å². The molecule has 0 aromatic heterocycles.